The summed E-state index contributed by atoms with van der Waals surface area (Å²) in [6.45, 7) is 6.22. The molecule has 0 aliphatic heterocycles. The number of alkyl halides is 1. The van der Waals surface area contributed by atoms with Crippen LogP contribution in [-0.2, 0) is 0 Å². The van der Waals surface area contributed by atoms with Crippen LogP contribution in [0.2, 0.25) is 0 Å². The van der Waals surface area contributed by atoms with E-state index in [0.29, 0.717) is 0 Å². The number of unbranched alkanes of at least 4 members (excludes halogenated alkanes) is 10. The van der Waals surface area contributed by atoms with Gasteiger partial charge < -0.3 is 9.59 Å². The Labute approximate surface area is 166 Å². The van der Waals surface area contributed by atoms with Crippen LogP contribution >= 0.6 is 22.6 Å². The quantitative estimate of drug-likeness (QED) is 0.118. The van der Waals surface area contributed by atoms with Crippen molar-refractivity contribution in [3.8, 4) is 0 Å². The molecule has 24 heavy (non-hydrogen) atoms. The van der Waals surface area contributed by atoms with E-state index in [2.05, 4.69) is 43.6 Å². The highest BCUT2D eigenvalue weighted by molar-refractivity contribution is 14.1. The Morgan fingerprint density at radius 1 is 0.792 bits per heavy atom. The Bertz CT molecular complexity index is 269. The Kier molecular flexibility index (Phi) is 16.3. The molecule has 0 aromatic heterocycles. The maximum atomic E-state index is 9.55. The zero-order valence-corrected chi connectivity index (χ0v) is 19.2. The molecule has 2 atom stereocenters. The SMILES string of the molecule is CCCCCCCCCCCCCC(I)CC[N+](C)(C)CC(C)O. The van der Waals surface area contributed by atoms with Crippen LogP contribution in [0.5, 0.6) is 0 Å². The molecule has 0 aromatic rings. The lowest BCUT2D eigenvalue weighted by atomic mass is 10.0. The Hall–Kier alpha value is 0.650. The zero-order chi connectivity index (χ0) is 18.3. The normalized spacial score (nSPS) is 14.8. The average molecular weight is 455 g/mol. The summed E-state index contributed by atoms with van der Waals surface area (Å²) in [6, 6.07) is 0. The summed E-state index contributed by atoms with van der Waals surface area (Å²) in [7, 11) is 4.47. The second-order valence-corrected chi connectivity index (χ2v) is 10.2. The Morgan fingerprint density at radius 2 is 1.25 bits per heavy atom. The molecule has 3 heteroatoms. The van der Waals surface area contributed by atoms with Crippen LogP contribution in [0.1, 0.15) is 97.3 Å². The predicted octanol–water partition coefficient (Wildman–Crippen LogP) is 6.34. The van der Waals surface area contributed by atoms with E-state index in [9.17, 15) is 5.11 Å². The first-order valence-corrected chi connectivity index (χ1v) is 11.8. The van der Waals surface area contributed by atoms with Crippen molar-refractivity contribution in [2.75, 3.05) is 27.2 Å². The zero-order valence-electron chi connectivity index (χ0n) is 17.0. The van der Waals surface area contributed by atoms with Gasteiger partial charge in [-0.2, -0.15) is 0 Å². The lowest BCUT2D eigenvalue weighted by molar-refractivity contribution is -0.893. The standard InChI is InChI=1S/C21H45INO/c1-5-6-7-8-9-10-11-12-13-14-15-16-21(22)17-18-23(3,4)19-20(2)24/h20-21,24H,5-19H2,1-4H3/q+1. The van der Waals surface area contributed by atoms with Crippen molar-refractivity contribution in [2.24, 2.45) is 0 Å². The topological polar surface area (TPSA) is 20.2 Å². The maximum absolute atomic E-state index is 9.55. The number of nitrogens with zero attached hydrogens (tertiary/aromatic N) is 1. The van der Waals surface area contributed by atoms with Crippen LogP contribution in [0, 0.1) is 0 Å². The molecule has 0 amide bonds. The van der Waals surface area contributed by atoms with E-state index in [1.54, 1.807) is 0 Å². The van der Waals surface area contributed by atoms with Gasteiger partial charge in [-0.15, -0.1) is 0 Å². The van der Waals surface area contributed by atoms with Crippen molar-refractivity contribution in [2.45, 2.75) is 107 Å². The molecule has 0 heterocycles. The minimum Gasteiger partial charge on any atom is -0.388 e. The van der Waals surface area contributed by atoms with Crippen molar-refractivity contribution in [3.05, 3.63) is 0 Å². The molecule has 0 aliphatic rings. The Morgan fingerprint density at radius 3 is 1.71 bits per heavy atom. The summed E-state index contributed by atoms with van der Waals surface area (Å²) < 4.78 is 1.74. The van der Waals surface area contributed by atoms with Crippen LogP contribution < -0.4 is 0 Å². The first-order valence-electron chi connectivity index (χ1n) is 10.5. The van der Waals surface area contributed by atoms with Gasteiger partial charge in [0.25, 0.3) is 0 Å². The largest absolute Gasteiger partial charge is 0.388 e. The Balaban J connectivity index is 3.39. The first kappa shape index (κ1) is 24.7. The number of halogens is 1. The minimum absolute atomic E-state index is 0.195. The van der Waals surface area contributed by atoms with E-state index >= 15 is 0 Å². The fraction of sp³-hybridized carbons (Fsp3) is 1.00. The summed E-state index contributed by atoms with van der Waals surface area (Å²) in [5, 5.41) is 9.55. The second-order valence-electron chi connectivity index (χ2n) is 8.40. The van der Waals surface area contributed by atoms with Gasteiger partial charge in [-0.3, -0.25) is 0 Å². The molecular formula is C21H45INO+. The number of hydrogen-bond donors (Lipinski definition) is 1. The molecule has 0 fully saturated rings. The van der Waals surface area contributed by atoms with Crippen LogP contribution in [0.4, 0.5) is 0 Å². The van der Waals surface area contributed by atoms with E-state index in [1.807, 2.05) is 6.92 Å². The lowest BCUT2D eigenvalue weighted by Gasteiger charge is -2.31. The third-order valence-corrected chi connectivity index (χ3v) is 6.17. The first-order chi connectivity index (χ1) is 11.4. The molecule has 0 bridgehead atoms. The van der Waals surface area contributed by atoms with Crippen LogP contribution in [-0.4, -0.2) is 46.8 Å². The van der Waals surface area contributed by atoms with Crippen LogP contribution in [0.15, 0.2) is 0 Å². The highest BCUT2D eigenvalue weighted by Crippen LogP contribution is 2.18. The third kappa shape index (κ3) is 17.5. The number of likely N-dealkylation sites (N-methyl/N-ethyl adjacent to an activating group) is 1. The molecule has 0 radical (unpaired) electrons. The van der Waals surface area contributed by atoms with Gasteiger partial charge in [-0.25, -0.2) is 0 Å². The van der Waals surface area contributed by atoms with Crippen molar-refractivity contribution in [1.29, 1.82) is 0 Å². The molecule has 0 rings (SSSR count). The van der Waals surface area contributed by atoms with E-state index < -0.39 is 0 Å². The highest BCUT2D eigenvalue weighted by atomic mass is 127. The van der Waals surface area contributed by atoms with E-state index in [0.717, 1.165) is 15.0 Å². The van der Waals surface area contributed by atoms with E-state index in [1.165, 1.54) is 90.0 Å². The smallest absolute Gasteiger partial charge is 0.104 e. The molecule has 2 nitrogen and oxygen atoms in total. The van der Waals surface area contributed by atoms with Crippen molar-refractivity contribution >= 4 is 22.6 Å². The molecule has 0 saturated carbocycles. The monoisotopic (exact) mass is 454 g/mol. The lowest BCUT2D eigenvalue weighted by Crippen LogP contribution is -2.45. The van der Waals surface area contributed by atoms with Gasteiger partial charge in [0.15, 0.2) is 0 Å². The summed E-state index contributed by atoms with van der Waals surface area (Å²) in [5.74, 6) is 0. The molecule has 146 valence electrons. The average Bonchev–Trinajstić information content (AvgIpc) is 2.49. The molecule has 0 aliphatic carbocycles. The number of hydrogen-bond acceptors (Lipinski definition) is 1. The minimum atomic E-state index is -0.195. The number of aliphatic hydroxyl groups excluding tert-OH is 1. The van der Waals surface area contributed by atoms with Gasteiger partial charge in [-0.05, 0) is 13.3 Å². The summed E-state index contributed by atoms with van der Waals surface area (Å²) in [5.41, 5.74) is 0. The maximum Gasteiger partial charge on any atom is 0.104 e. The van der Waals surface area contributed by atoms with Gasteiger partial charge in [-0.1, -0.05) is 100 Å². The van der Waals surface area contributed by atoms with Gasteiger partial charge in [0, 0.05) is 10.3 Å². The molecule has 2 unspecified atom stereocenters. The highest BCUT2D eigenvalue weighted by Gasteiger charge is 2.19. The van der Waals surface area contributed by atoms with Crippen molar-refractivity contribution in [1.82, 2.24) is 0 Å². The number of aliphatic hydroxyl groups is 1. The fourth-order valence-corrected chi connectivity index (χ4v) is 4.19. The number of rotatable bonds is 17. The summed E-state index contributed by atoms with van der Waals surface area (Å²) in [4.78, 5) is 0. The second kappa shape index (κ2) is 15.9. The van der Waals surface area contributed by atoms with Gasteiger partial charge in [0.05, 0.1) is 20.6 Å². The van der Waals surface area contributed by atoms with Crippen LogP contribution in [0.3, 0.4) is 0 Å². The number of quaternary nitrogens is 1. The van der Waals surface area contributed by atoms with Gasteiger partial charge in [0.1, 0.15) is 12.6 Å². The summed E-state index contributed by atoms with van der Waals surface area (Å²) >= 11 is 2.63. The predicted molar refractivity (Wildman–Crippen MR) is 117 cm³/mol. The third-order valence-electron chi connectivity index (χ3n) is 4.93. The molecule has 0 aromatic carbocycles. The van der Waals surface area contributed by atoms with Gasteiger partial charge >= 0.3 is 0 Å². The van der Waals surface area contributed by atoms with Crippen LogP contribution in [0.25, 0.3) is 0 Å². The molecule has 1 N–H and O–H groups in total. The molecule has 0 saturated heterocycles. The van der Waals surface area contributed by atoms with Gasteiger partial charge in [0.2, 0.25) is 0 Å². The fourth-order valence-electron chi connectivity index (χ4n) is 3.47. The van der Waals surface area contributed by atoms with Crippen molar-refractivity contribution in [3.63, 3.8) is 0 Å². The molecule has 0 spiro atoms. The summed E-state index contributed by atoms with van der Waals surface area (Å²) in [6.07, 6.45) is 18.2. The van der Waals surface area contributed by atoms with Crippen molar-refractivity contribution < 1.29 is 9.59 Å². The van der Waals surface area contributed by atoms with E-state index in [4.69, 9.17) is 0 Å². The van der Waals surface area contributed by atoms with E-state index in [-0.39, 0.29) is 6.10 Å². The molecular weight excluding hydrogens is 409 g/mol.